The fourth-order valence-corrected chi connectivity index (χ4v) is 2.36. The standard InChI is InChI=1S/C19H16N2O4/c1-14-19(21(22)23)18(25-20-14)12-11-16-9-5-6-10-17(16)24-13-15-7-3-2-4-8-15/h2-12H,13H2,1H3. The lowest BCUT2D eigenvalue weighted by Crippen LogP contribution is -1.96. The van der Waals surface area contributed by atoms with E-state index in [0.29, 0.717) is 12.4 Å². The number of aromatic nitrogens is 1. The predicted octanol–water partition coefficient (Wildman–Crippen LogP) is 4.64. The van der Waals surface area contributed by atoms with Gasteiger partial charge in [-0.25, -0.2) is 0 Å². The number of nitrogens with zero attached hydrogens (tertiary/aromatic N) is 2. The van der Waals surface area contributed by atoms with Crippen LogP contribution in [0.3, 0.4) is 0 Å². The molecular weight excluding hydrogens is 320 g/mol. The summed E-state index contributed by atoms with van der Waals surface area (Å²) in [4.78, 5) is 10.6. The van der Waals surface area contributed by atoms with Crippen molar-refractivity contribution in [1.29, 1.82) is 0 Å². The number of hydrogen-bond donors (Lipinski definition) is 0. The van der Waals surface area contributed by atoms with Crippen LogP contribution >= 0.6 is 0 Å². The summed E-state index contributed by atoms with van der Waals surface area (Å²) in [5, 5.41) is 14.7. The average Bonchev–Trinajstić information content (AvgIpc) is 3.00. The molecule has 1 aromatic heterocycles. The Balaban J connectivity index is 1.80. The van der Waals surface area contributed by atoms with Gasteiger partial charge in [0.2, 0.25) is 5.76 Å². The van der Waals surface area contributed by atoms with Crippen molar-refractivity contribution in [1.82, 2.24) is 5.16 Å². The third-order valence-electron chi connectivity index (χ3n) is 3.61. The SMILES string of the molecule is Cc1noc(C=Cc2ccccc2OCc2ccccc2)c1[N+](=O)[O-]. The quantitative estimate of drug-likeness (QED) is 0.484. The second kappa shape index (κ2) is 7.44. The Hall–Kier alpha value is -3.41. The van der Waals surface area contributed by atoms with Crippen molar-refractivity contribution >= 4 is 17.8 Å². The maximum Gasteiger partial charge on any atom is 0.338 e. The lowest BCUT2D eigenvalue weighted by molar-refractivity contribution is -0.386. The van der Waals surface area contributed by atoms with Crippen LogP contribution in [0.2, 0.25) is 0 Å². The first-order chi connectivity index (χ1) is 12.1. The minimum absolute atomic E-state index is 0.111. The smallest absolute Gasteiger partial charge is 0.338 e. The number of para-hydroxylation sites is 1. The molecule has 0 saturated carbocycles. The van der Waals surface area contributed by atoms with E-state index in [1.165, 1.54) is 13.0 Å². The largest absolute Gasteiger partial charge is 0.488 e. The number of aryl methyl sites for hydroxylation is 1. The first-order valence-electron chi connectivity index (χ1n) is 7.69. The molecule has 0 spiro atoms. The zero-order valence-electron chi connectivity index (χ0n) is 13.6. The molecule has 3 rings (SSSR count). The van der Waals surface area contributed by atoms with Crippen LogP contribution in [-0.2, 0) is 6.61 Å². The lowest BCUT2D eigenvalue weighted by atomic mass is 10.1. The highest BCUT2D eigenvalue weighted by molar-refractivity contribution is 5.74. The second-order valence-corrected chi connectivity index (χ2v) is 5.38. The number of nitro groups is 1. The lowest BCUT2D eigenvalue weighted by Gasteiger charge is -2.09. The normalized spacial score (nSPS) is 10.9. The minimum atomic E-state index is -0.497. The van der Waals surface area contributed by atoms with Crippen LogP contribution in [0.5, 0.6) is 5.75 Å². The van der Waals surface area contributed by atoms with E-state index in [-0.39, 0.29) is 17.1 Å². The van der Waals surface area contributed by atoms with E-state index in [2.05, 4.69) is 5.16 Å². The minimum Gasteiger partial charge on any atom is -0.488 e. The molecule has 0 aliphatic carbocycles. The molecule has 2 aromatic carbocycles. The highest BCUT2D eigenvalue weighted by Crippen LogP contribution is 2.27. The first kappa shape index (κ1) is 16.4. The predicted molar refractivity (Wildman–Crippen MR) is 94.0 cm³/mol. The highest BCUT2D eigenvalue weighted by Gasteiger charge is 2.21. The van der Waals surface area contributed by atoms with Crippen molar-refractivity contribution in [2.24, 2.45) is 0 Å². The van der Waals surface area contributed by atoms with Gasteiger partial charge in [-0.1, -0.05) is 53.7 Å². The van der Waals surface area contributed by atoms with Gasteiger partial charge >= 0.3 is 5.69 Å². The summed E-state index contributed by atoms with van der Waals surface area (Å²) in [6, 6.07) is 17.3. The molecule has 0 saturated heterocycles. The van der Waals surface area contributed by atoms with Crippen molar-refractivity contribution in [2.75, 3.05) is 0 Å². The van der Waals surface area contributed by atoms with E-state index in [1.807, 2.05) is 54.6 Å². The van der Waals surface area contributed by atoms with Crippen molar-refractivity contribution in [2.45, 2.75) is 13.5 Å². The Morgan fingerprint density at radius 3 is 2.60 bits per heavy atom. The van der Waals surface area contributed by atoms with Crippen LogP contribution in [0.15, 0.2) is 59.1 Å². The van der Waals surface area contributed by atoms with Gasteiger partial charge in [-0.05, 0) is 30.7 Å². The van der Waals surface area contributed by atoms with E-state index in [9.17, 15) is 10.1 Å². The zero-order valence-corrected chi connectivity index (χ0v) is 13.6. The molecule has 0 amide bonds. The Morgan fingerprint density at radius 1 is 1.12 bits per heavy atom. The van der Waals surface area contributed by atoms with E-state index < -0.39 is 4.92 Å². The van der Waals surface area contributed by atoms with Crippen LogP contribution in [0, 0.1) is 17.0 Å². The molecule has 1 heterocycles. The van der Waals surface area contributed by atoms with Crippen molar-refractivity contribution in [3.8, 4) is 5.75 Å². The number of rotatable bonds is 6. The molecule has 0 aliphatic rings. The van der Waals surface area contributed by atoms with Gasteiger partial charge in [0.05, 0.1) is 4.92 Å². The molecule has 6 nitrogen and oxygen atoms in total. The van der Waals surface area contributed by atoms with Gasteiger partial charge in [-0.2, -0.15) is 0 Å². The summed E-state index contributed by atoms with van der Waals surface area (Å²) >= 11 is 0. The van der Waals surface area contributed by atoms with Crippen LogP contribution in [0.1, 0.15) is 22.6 Å². The van der Waals surface area contributed by atoms with Gasteiger partial charge in [0.15, 0.2) is 5.69 Å². The molecule has 0 atom stereocenters. The van der Waals surface area contributed by atoms with Gasteiger partial charge in [-0.15, -0.1) is 0 Å². The molecule has 0 aliphatic heterocycles. The molecule has 0 radical (unpaired) electrons. The Kier molecular flexibility index (Phi) is 4.89. The number of ether oxygens (including phenoxy) is 1. The van der Waals surface area contributed by atoms with Crippen molar-refractivity contribution < 1.29 is 14.2 Å². The fourth-order valence-electron chi connectivity index (χ4n) is 2.36. The second-order valence-electron chi connectivity index (χ2n) is 5.38. The van der Waals surface area contributed by atoms with Crippen LogP contribution in [0.25, 0.3) is 12.2 Å². The summed E-state index contributed by atoms with van der Waals surface area (Å²) < 4.78 is 10.9. The Bertz CT molecular complexity index is 901. The van der Waals surface area contributed by atoms with Gasteiger partial charge in [0, 0.05) is 5.56 Å². The average molecular weight is 336 g/mol. The topological polar surface area (TPSA) is 78.4 Å². The van der Waals surface area contributed by atoms with Crippen molar-refractivity contribution in [3.63, 3.8) is 0 Å². The molecule has 126 valence electrons. The Labute approximate surface area is 144 Å². The van der Waals surface area contributed by atoms with Gasteiger partial charge in [0.1, 0.15) is 12.4 Å². The monoisotopic (exact) mass is 336 g/mol. The number of hydrogen-bond acceptors (Lipinski definition) is 5. The van der Waals surface area contributed by atoms with Gasteiger partial charge < -0.3 is 9.26 Å². The van der Waals surface area contributed by atoms with E-state index in [4.69, 9.17) is 9.26 Å². The highest BCUT2D eigenvalue weighted by atomic mass is 16.6. The molecule has 0 fully saturated rings. The van der Waals surface area contributed by atoms with Gasteiger partial charge in [-0.3, -0.25) is 10.1 Å². The third-order valence-corrected chi connectivity index (χ3v) is 3.61. The summed E-state index contributed by atoms with van der Waals surface area (Å²) in [6.45, 7) is 1.98. The number of benzene rings is 2. The molecule has 25 heavy (non-hydrogen) atoms. The van der Waals surface area contributed by atoms with Gasteiger partial charge in [0.25, 0.3) is 0 Å². The first-order valence-corrected chi connectivity index (χ1v) is 7.69. The maximum absolute atomic E-state index is 11.1. The van der Waals surface area contributed by atoms with E-state index >= 15 is 0 Å². The van der Waals surface area contributed by atoms with E-state index in [1.54, 1.807) is 6.08 Å². The maximum atomic E-state index is 11.1. The molecule has 0 N–H and O–H groups in total. The molecule has 3 aromatic rings. The summed E-state index contributed by atoms with van der Waals surface area (Å²) in [7, 11) is 0. The van der Waals surface area contributed by atoms with Crippen LogP contribution < -0.4 is 4.74 Å². The molecular formula is C19H16N2O4. The molecule has 0 bridgehead atoms. The van der Waals surface area contributed by atoms with Crippen molar-refractivity contribution in [3.05, 3.63) is 87.3 Å². The van der Waals surface area contributed by atoms with Crippen LogP contribution in [-0.4, -0.2) is 10.1 Å². The summed E-state index contributed by atoms with van der Waals surface area (Å²) in [6.07, 6.45) is 3.25. The zero-order chi connectivity index (χ0) is 17.6. The van der Waals surface area contributed by atoms with E-state index in [0.717, 1.165) is 11.1 Å². The fraction of sp³-hybridized carbons (Fsp3) is 0.105. The van der Waals surface area contributed by atoms with Crippen LogP contribution in [0.4, 0.5) is 5.69 Å². The Morgan fingerprint density at radius 2 is 1.84 bits per heavy atom. The third kappa shape index (κ3) is 3.92. The molecule has 0 unspecified atom stereocenters. The summed E-state index contributed by atoms with van der Waals surface area (Å²) in [5.41, 5.74) is 1.97. The molecule has 6 heteroatoms. The summed E-state index contributed by atoms with van der Waals surface area (Å²) in [5.74, 6) is 0.793.